The number of benzene rings is 1. The molecule has 0 aliphatic rings. The smallest absolute Gasteiger partial charge is 0.324 e. The van der Waals surface area contributed by atoms with Gasteiger partial charge in [-0.3, -0.25) is 4.57 Å². The Morgan fingerprint density at radius 3 is 2.55 bits per heavy atom. The van der Waals surface area contributed by atoms with Crippen LogP contribution in [0.3, 0.4) is 0 Å². The van der Waals surface area contributed by atoms with E-state index in [9.17, 15) is 9.46 Å². The van der Waals surface area contributed by atoms with Gasteiger partial charge in [0.05, 0.1) is 12.8 Å². The van der Waals surface area contributed by atoms with Crippen molar-refractivity contribution in [1.29, 1.82) is 0 Å². The third-order valence-electron chi connectivity index (χ3n) is 3.56. The SMILES string of the molecule is CCCCC(CC)CP(=O)(O)OCCc1ccccc1. The summed E-state index contributed by atoms with van der Waals surface area (Å²) in [5, 5.41) is 0. The second kappa shape index (κ2) is 9.33. The van der Waals surface area contributed by atoms with Crippen molar-refractivity contribution in [3.8, 4) is 0 Å². The van der Waals surface area contributed by atoms with E-state index < -0.39 is 7.60 Å². The number of hydrogen-bond donors (Lipinski definition) is 1. The molecule has 2 unspecified atom stereocenters. The minimum Gasteiger partial charge on any atom is -0.324 e. The van der Waals surface area contributed by atoms with Gasteiger partial charge in [0.2, 0.25) is 0 Å². The van der Waals surface area contributed by atoms with E-state index in [0.717, 1.165) is 31.2 Å². The van der Waals surface area contributed by atoms with Gasteiger partial charge < -0.3 is 9.42 Å². The average molecular weight is 298 g/mol. The van der Waals surface area contributed by atoms with E-state index in [-0.39, 0.29) is 6.16 Å². The molecule has 0 aromatic heterocycles. The fraction of sp³-hybridized carbons (Fsp3) is 0.625. The Balaban J connectivity index is 2.34. The lowest BCUT2D eigenvalue weighted by Gasteiger charge is -2.18. The molecule has 0 aliphatic heterocycles. The van der Waals surface area contributed by atoms with Crippen LogP contribution in [0.2, 0.25) is 0 Å². The maximum absolute atomic E-state index is 12.1. The lowest BCUT2D eigenvalue weighted by Crippen LogP contribution is -2.09. The van der Waals surface area contributed by atoms with Crippen LogP contribution in [-0.4, -0.2) is 17.7 Å². The first-order valence-electron chi connectivity index (χ1n) is 7.57. The summed E-state index contributed by atoms with van der Waals surface area (Å²) in [5.41, 5.74) is 1.13. The van der Waals surface area contributed by atoms with Crippen molar-refractivity contribution in [2.45, 2.75) is 46.0 Å². The normalized spacial score (nSPS) is 15.8. The third-order valence-corrected chi connectivity index (χ3v) is 5.12. The van der Waals surface area contributed by atoms with E-state index in [0.29, 0.717) is 18.9 Å². The molecule has 0 amide bonds. The van der Waals surface area contributed by atoms with E-state index in [1.807, 2.05) is 30.3 Å². The highest BCUT2D eigenvalue weighted by molar-refractivity contribution is 7.52. The molecule has 114 valence electrons. The highest BCUT2D eigenvalue weighted by atomic mass is 31.2. The molecule has 0 spiro atoms. The minimum absolute atomic E-state index is 0.290. The second-order valence-electron chi connectivity index (χ2n) is 5.31. The Morgan fingerprint density at radius 2 is 1.95 bits per heavy atom. The highest BCUT2D eigenvalue weighted by Gasteiger charge is 2.24. The van der Waals surface area contributed by atoms with E-state index in [4.69, 9.17) is 4.52 Å². The van der Waals surface area contributed by atoms with Gasteiger partial charge in [-0.2, -0.15) is 0 Å². The van der Waals surface area contributed by atoms with Gasteiger partial charge in [0.25, 0.3) is 0 Å². The molecule has 1 rings (SSSR count). The molecule has 0 radical (unpaired) electrons. The molecule has 0 aliphatic carbocycles. The maximum atomic E-state index is 12.1. The summed E-state index contributed by atoms with van der Waals surface area (Å²) >= 11 is 0. The van der Waals surface area contributed by atoms with Gasteiger partial charge in [-0.1, -0.05) is 63.4 Å². The lowest BCUT2D eigenvalue weighted by molar-refractivity contribution is 0.255. The largest absolute Gasteiger partial charge is 0.328 e. The van der Waals surface area contributed by atoms with Crippen LogP contribution in [0.25, 0.3) is 0 Å². The molecule has 1 aromatic carbocycles. The van der Waals surface area contributed by atoms with Crippen molar-refractivity contribution in [2.24, 2.45) is 5.92 Å². The van der Waals surface area contributed by atoms with E-state index in [1.165, 1.54) is 0 Å². The molecule has 20 heavy (non-hydrogen) atoms. The molecule has 0 saturated heterocycles. The van der Waals surface area contributed by atoms with Gasteiger partial charge in [-0.25, -0.2) is 0 Å². The zero-order valence-corrected chi connectivity index (χ0v) is 13.5. The van der Waals surface area contributed by atoms with Crippen LogP contribution >= 0.6 is 7.60 Å². The molecule has 0 bridgehead atoms. The van der Waals surface area contributed by atoms with Crippen molar-refractivity contribution in [2.75, 3.05) is 12.8 Å². The first kappa shape index (κ1) is 17.4. The first-order valence-corrected chi connectivity index (χ1v) is 9.34. The fourth-order valence-corrected chi connectivity index (χ4v) is 3.82. The molecule has 3 nitrogen and oxygen atoms in total. The van der Waals surface area contributed by atoms with Gasteiger partial charge in [-0.05, 0) is 24.3 Å². The molecule has 0 saturated carbocycles. The fourth-order valence-electron chi connectivity index (χ4n) is 2.25. The Kier molecular flexibility index (Phi) is 8.13. The molecule has 0 fully saturated rings. The maximum Gasteiger partial charge on any atom is 0.328 e. The number of unbranched alkanes of at least 4 members (excludes halogenated alkanes) is 1. The van der Waals surface area contributed by atoms with Crippen LogP contribution in [-0.2, 0) is 15.5 Å². The standard InChI is InChI=1S/C16H27O3P/c1-3-5-9-15(4-2)14-20(17,18)19-13-12-16-10-7-6-8-11-16/h6-8,10-11,15H,3-5,9,12-14H2,1-2H3,(H,17,18). The molecule has 2 atom stereocenters. The van der Waals surface area contributed by atoms with Crippen LogP contribution < -0.4 is 0 Å². The lowest BCUT2D eigenvalue weighted by atomic mass is 10.0. The highest BCUT2D eigenvalue weighted by Crippen LogP contribution is 2.45. The summed E-state index contributed by atoms with van der Waals surface area (Å²) in [4.78, 5) is 9.93. The monoisotopic (exact) mass is 298 g/mol. The summed E-state index contributed by atoms with van der Waals surface area (Å²) in [6.07, 6.45) is 5.16. The zero-order chi connectivity index (χ0) is 14.8. The summed E-state index contributed by atoms with van der Waals surface area (Å²) in [6, 6.07) is 9.89. The molecule has 1 aromatic rings. The zero-order valence-electron chi connectivity index (χ0n) is 12.6. The third kappa shape index (κ3) is 7.23. The van der Waals surface area contributed by atoms with Crippen LogP contribution in [0, 0.1) is 5.92 Å². The van der Waals surface area contributed by atoms with Gasteiger partial charge in [-0.15, -0.1) is 0 Å². The number of hydrogen-bond acceptors (Lipinski definition) is 2. The van der Waals surface area contributed by atoms with Gasteiger partial charge in [0, 0.05) is 0 Å². The average Bonchev–Trinajstić information content (AvgIpc) is 2.44. The van der Waals surface area contributed by atoms with Crippen LogP contribution in [0.5, 0.6) is 0 Å². The first-order chi connectivity index (χ1) is 9.57. The summed E-state index contributed by atoms with van der Waals surface area (Å²) in [7, 11) is -3.44. The summed E-state index contributed by atoms with van der Waals surface area (Å²) in [5.74, 6) is 0.294. The second-order valence-corrected chi connectivity index (χ2v) is 7.20. The Labute approximate surface area is 122 Å². The molecule has 1 N–H and O–H groups in total. The quantitative estimate of drug-likeness (QED) is 0.640. The predicted molar refractivity (Wildman–Crippen MR) is 84.1 cm³/mol. The van der Waals surface area contributed by atoms with Crippen molar-refractivity contribution >= 4 is 7.60 Å². The van der Waals surface area contributed by atoms with Gasteiger partial charge in [0.15, 0.2) is 0 Å². The minimum atomic E-state index is -3.44. The van der Waals surface area contributed by atoms with Crippen molar-refractivity contribution in [1.82, 2.24) is 0 Å². The van der Waals surface area contributed by atoms with E-state index in [2.05, 4.69) is 13.8 Å². The molecule has 0 heterocycles. The van der Waals surface area contributed by atoms with Gasteiger partial charge >= 0.3 is 7.60 Å². The van der Waals surface area contributed by atoms with E-state index in [1.54, 1.807) is 0 Å². The van der Waals surface area contributed by atoms with Crippen molar-refractivity contribution in [3.63, 3.8) is 0 Å². The van der Waals surface area contributed by atoms with Crippen molar-refractivity contribution < 1.29 is 14.0 Å². The summed E-state index contributed by atoms with van der Waals surface area (Å²) in [6.45, 7) is 4.52. The van der Waals surface area contributed by atoms with Crippen LogP contribution in [0.4, 0.5) is 0 Å². The van der Waals surface area contributed by atoms with Crippen molar-refractivity contribution in [3.05, 3.63) is 35.9 Å². The predicted octanol–water partition coefficient (Wildman–Crippen LogP) is 4.65. The molecular weight excluding hydrogens is 271 g/mol. The van der Waals surface area contributed by atoms with E-state index >= 15 is 0 Å². The Morgan fingerprint density at radius 1 is 1.25 bits per heavy atom. The topological polar surface area (TPSA) is 46.5 Å². The Hall–Kier alpha value is -0.630. The molecule has 4 heteroatoms. The molecular formula is C16H27O3P. The van der Waals surface area contributed by atoms with Crippen LogP contribution in [0.15, 0.2) is 30.3 Å². The van der Waals surface area contributed by atoms with Gasteiger partial charge in [0.1, 0.15) is 0 Å². The Bertz CT molecular complexity index is 405. The summed E-state index contributed by atoms with van der Waals surface area (Å²) < 4.78 is 17.3. The number of rotatable bonds is 10. The van der Waals surface area contributed by atoms with Crippen LogP contribution in [0.1, 0.15) is 45.1 Å².